The maximum atomic E-state index is 10.7. The van der Waals surface area contributed by atoms with Gasteiger partial charge in [0, 0.05) is 27.1 Å². The van der Waals surface area contributed by atoms with Gasteiger partial charge in [0.1, 0.15) is 11.0 Å². The lowest BCUT2D eigenvalue weighted by Crippen LogP contribution is -2.22. The predicted octanol–water partition coefficient (Wildman–Crippen LogP) is 2.82. The Morgan fingerprint density at radius 2 is 1.60 bits per heavy atom. The lowest BCUT2D eigenvalue weighted by molar-refractivity contribution is 0.165. The normalized spacial score (nSPS) is 17.2. The summed E-state index contributed by atoms with van der Waals surface area (Å²) >= 11 is 0. The molecule has 0 unspecified atom stereocenters. The molecule has 30 heavy (non-hydrogen) atoms. The van der Waals surface area contributed by atoms with Crippen LogP contribution >= 0.6 is 12.4 Å². The minimum atomic E-state index is -0.543. The second-order valence-electron chi connectivity index (χ2n) is 7.01. The maximum Gasteiger partial charge on any atom is 0.225 e. The second-order valence-corrected chi connectivity index (χ2v) is 7.01. The summed E-state index contributed by atoms with van der Waals surface area (Å²) in [6, 6.07) is 7.79. The molecule has 0 saturated heterocycles. The molecule has 0 bridgehead atoms. The van der Waals surface area contributed by atoms with Crippen LogP contribution in [-0.2, 0) is 6.42 Å². The van der Waals surface area contributed by atoms with Crippen LogP contribution in [0, 0.1) is 0 Å². The molecule has 0 amide bonds. The molecular weight excluding hydrogens is 404 g/mol. The zero-order valence-electron chi connectivity index (χ0n) is 17.2. The monoisotopic (exact) mass is 430 g/mol. The van der Waals surface area contributed by atoms with E-state index in [-0.39, 0.29) is 18.4 Å². The number of aromatic nitrogens is 4. The summed E-state index contributed by atoms with van der Waals surface area (Å²) in [5, 5.41) is 23.4. The van der Waals surface area contributed by atoms with Gasteiger partial charge in [0.25, 0.3) is 0 Å². The van der Waals surface area contributed by atoms with Gasteiger partial charge in [-0.25, -0.2) is 9.97 Å². The number of halogens is 1. The fourth-order valence-corrected chi connectivity index (χ4v) is 3.60. The highest BCUT2D eigenvalue weighted by atomic mass is 35.5. The summed E-state index contributed by atoms with van der Waals surface area (Å²) < 4.78 is 0. The molecule has 5 N–H and O–H groups in total. The summed E-state index contributed by atoms with van der Waals surface area (Å²) in [5.41, 5.74) is 3.43. The Labute approximate surface area is 181 Å². The maximum absolute atomic E-state index is 10.7. The van der Waals surface area contributed by atoms with Crippen molar-refractivity contribution in [2.75, 3.05) is 41.9 Å². The zero-order chi connectivity index (χ0) is 20.4. The fourth-order valence-electron chi connectivity index (χ4n) is 3.60. The van der Waals surface area contributed by atoms with Crippen LogP contribution in [0.1, 0.15) is 30.5 Å². The summed E-state index contributed by atoms with van der Waals surface area (Å²) in [5.74, 6) is 2.14. The molecule has 0 radical (unpaired) electrons. The van der Waals surface area contributed by atoms with Crippen LogP contribution in [0.3, 0.4) is 0 Å². The van der Waals surface area contributed by atoms with E-state index in [1.807, 2.05) is 24.3 Å². The van der Waals surface area contributed by atoms with Gasteiger partial charge in [-0.1, -0.05) is 31.2 Å². The number of nitrogens with zero attached hydrogens (tertiary/aromatic N) is 4. The van der Waals surface area contributed by atoms with E-state index in [1.54, 1.807) is 14.1 Å². The van der Waals surface area contributed by atoms with Gasteiger partial charge >= 0.3 is 0 Å². The van der Waals surface area contributed by atoms with Crippen LogP contribution in [0.4, 0.5) is 23.5 Å². The molecule has 9 nitrogen and oxygen atoms in total. The largest absolute Gasteiger partial charge is 0.390 e. The highest BCUT2D eigenvalue weighted by Gasteiger charge is 2.32. The molecule has 160 valence electrons. The van der Waals surface area contributed by atoms with E-state index in [9.17, 15) is 5.11 Å². The fraction of sp³-hybridized carbons (Fsp3) is 0.400. The van der Waals surface area contributed by atoms with Gasteiger partial charge in [0.2, 0.25) is 11.9 Å². The van der Waals surface area contributed by atoms with Crippen LogP contribution in [-0.4, -0.2) is 51.8 Å². The molecule has 1 aliphatic carbocycles. The number of hydrogen-bond acceptors (Lipinski definition) is 9. The Kier molecular flexibility index (Phi) is 6.73. The van der Waals surface area contributed by atoms with Gasteiger partial charge in [-0.2, -0.15) is 9.97 Å². The first-order chi connectivity index (χ1) is 14.1. The van der Waals surface area contributed by atoms with Crippen LogP contribution in [0.25, 0.3) is 11.0 Å². The summed E-state index contributed by atoms with van der Waals surface area (Å²) in [4.78, 5) is 18.3. The van der Waals surface area contributed by atoms with E-state index in [4.69, 9.17) is 0 Å². The first kappa shape index (κ1) is 21.8. The van der Waals surface area contributed by atoms with E-state index >= 15 is 0 Å². The number of rotatable bonds is 7. The van der Waals surface area contributed by atoms with Crippen molar-refractivity contribution >= 4 is 47.0 Å². The second kappa shape index (κ2) is 9.27. The van der Waals surface area contributed by atoms with Crippen molar-refractivity contribution < 1.29 is 5.11 Å². The molecule has 3 aromatic rings. The Balaban J connectivity index is 0.00000256. The third kappa shape index (κ3) is 4.03. The van der Waals surface area contributed by atoms with E-state index in [1.165, 1.54) is 0 Å². The summed E-state index contributed by atoms with van der Waals surface area (Å²) in [7, 11) is 3.55. The Morgan fingerprint density at radius 3 is 2.27 bits per heavy atom. The average molecular weight is 431 g/mol. The number of benzene rings is 1. The highest BCUT2D eigenvalue weighted by Crippen LogP contribution is 2.36. The first-order valence-corrected chi connectivity index (χ1v) is 9.86. The molecule has 0 aliphatic heterocycles. The van der Waals surface area contributed by atoms with Crippen molar-refractivity contribution in [2.45, 2.75) is 31.9 Å². The van der Waals surface area contributed by atoms with Crippen molar-refractivity contribution in [3.63, 3.8) is 0 Å². The molecule has 2 heterocycles. The van der Waals surface area contributed by atoms with Crippen molar-refractivity contribution in [1.29, 1.82) is 0 Å². The van der Waals surface area contributed by atoms with Gasteiger partial charge in [-0.3, -0.25) is 0 Å². The molecule has 2 atom stereocenters. The summed E-state index contributed by atoms with van der Waals surface area (Å²) in [6.45, 7) is 2.86. The first-order valence-electron chi connectivity index (χ1n) is 9.86. The van der Waals surface area contributed by atoms with Crippen molar-refractivity contribution in [2.24, 2.45) is 0 Å². The third-order valence-corrected chi connectivity index (χ3v) is 5.03. The van der Waals surface area contributed by atoms with Gasteiger partial charge in [-0.05, 0) is 17.5 Å². The van der Waals surface area contributed by atoms with Crippen LogP contribution in [0.15, 0.2) is 24.3 Å². The Bertz CT molecular complexity index is 1030. The molecule has 0 spiro atoms. The molecular formula is C20H27ClN8O. The topological polar surface area (TPSA) is 120 Å². The van der Waals surface area contributed by atoms with E-state index in [0.717, 1.165) is 24.1 Å². The lowest BCUT2D eigenvalue weighted by atomic mass is 10.1. The van der Waals surface area contributed by atoms with Crippen molar-refractivity contribution in [1.82, 2.24) is 19.9 Å². The standard InChI is InChI=1S/C20H26N8O.ClH/c1-4-9-23-17-15-16(26-19(21-2)27-17)18(28-20(22-3)25-15)24-14-12-8-6-5-7-11(12)10-13(14)29;/h5-8,13-14,29H,4,9-10H2,1-3H3,(H2,21,23,26,27)(H2,22,24,25,28);1H/t13-,14-;/m0./s1. The molecule has 1 aromatic carbocycles. The predicted molar refractivity (Wildman–Crippen MR) is 123 cm³/mol. The zero-order valence-corrected chi connectivity index (χ0v) is 18.0. The Morgan fingerprint density at radius 1 is 0.967 bits per heavy atom. The molecule has 4 rings (SSSR count). The SMILES string of the molecule is CCCNc1nc(NC)nc2c(N[C@H]3c4ccccc4C[C@@H]3O)nc(NC)nc12.Cl. The minimum Gasteiger partial charge on any atom is -0.390 e. The molecule has 1 aliphatic rings. The summed E-state index contributed by atoms with van der Waals surface area (Å²) in [6.07, 6.45) is 1.02. The van der Waals surface area contributed by atoms with E-state index in [2.05, 4.69) is 48.1 Å². The molecule has 0 fully saturated rings. The highest BCUT2D eigenvalue weighted by molar-refractivity contribution is 5.94. The number of aliphatic hydroxyl groups excluding tert-OH is 1. The number of anilines is 4. The van der Waals surface area contributed by atoms with Crippen LogP contribution in [0.5, 0.6) is 0 Å². The van der Waals surface area contributed by atoms with Crippen LogP contribution in [0.2, 0.25) is 0 Å². The van der Waals surface area contributed by atoms with Gasteiger partial charge in [0.05, 0.1) is 12.1 Å². The van der Waals surface area contributed by atoms with E-state index in [0.29, 0.717) is 41.0 Å². The molecule has 2 aromatic heterocycles. The average Bonchev–Trinajstić information content (AvgIpc) is 3.06. The van der Waals surface area contributed by atoms with Crippen molar-refractivity contribution in [3.05, 3.63) is 35.4 Å². The van der Waals surface area contributed by atoms with Gasteiger partial charge in [0.15, 0.2) is 11.6 Å². The van der Waals surface area contributed by atoms with Gasteiger partial charge < -0.3 is 26.4 Å². The molecule has 10 heteroatoms. The van der Waals surface area contributed by atoms with Crippen LogP contribution < -0.4 is 21.3 Å². The van der Waals surface area contributed by atoms with Crippen molar-refractivity contribution in [3.8, 4) is 0 Å². The number of aliphatic hydroxyl groups is 1. The minimum absolute atomic E-state index is 0. The lowest BCUT2D eigenvalue weighted by Gasteiger charge is -2.20. The van der Waals surface area contributed by atoms with Gasteiger partial charge in [-0.15, -0.1) is 12.4 Å². The third-order valence-electron chi connectivity index (χ3n) is 5.03. The van der Waals surface area contributed by atoms with E-state index < -0.39 is 6.10 Å². The molecule has 0 saturated carbocycles. The number of hydrogen-bond donors (Lipinski definition) is 5. The quantitative estimate of drug-likeness (QED) is 0.385. The number of fused-ring (bicyclic) bond motifs is 2. The Hall–Kier alpha value is -2.91. The number of nitrogens with one attached hydrogen (secondary N) is 4. The smallest absolute Gasteiger partial charge is 0.225 e.